The molecule has 0 aromatic heterocycles. The van der Waals surface area contributed by atoms with Crippen LogP contribution in [0.5, 0.6) is 11.5 Å². The van der Waals surface area contributed by atoms with E-state index in [1.807, 2.05) is 19.1 Å². The summed E-state index contributed by atoms with van der Waals surface area (Å²) in [7, 11) is 0. The monoisotopic (exact) mass is 320 g/mol. The lowest BCUT2D eigenvalue weighted by atomic mass is 10.0. The summed E-state index contributed by atoms with van der Waals surface area (Å²) in [5, 5.41) is 2.39. The molecule has 2 nitrogen and oxygen atoms in total. The van der Waals surface area contributed by atoms with Crippen molar-refractivity contribution in [2.75, 3.05) is 6.61 Å². The Morgan fingerprint density at radius 3 is 2.59 bits per heavy atom. The third-order valence-electron chi connectivity index (χ3n) is 3.72. The van der Waals surface area contributed by atoms with E-state index in [-0.39, 0.29) is 5.56 Å². The highest BCUT2D eigenvalue weighted by atomic mass is 35.5. The molecule has 0 spiro atoms. The van der Waals surface area contributed by atoms with Crippen LogP contribution in [0.15, 0.2) is 30.3 Å². The number of benzene rings is 2. The molecule has 2 rings (SSSR count). The highest BCUT2D eigenvalue weighted by molar-refractivity contribution is 6.19. The Bertz CT molecular complexity index is 608. The van der Waals surface area contributed by atoms with Gasteiger partial charge in [-0.2, -0.15) is 0 Å². The Morgan fingerprint density at radius 1 is 1.09 bits per heavy atom. The van der Waals surface area contributed by atoms with E-state index in [1.54, 1.807) is 0 Å². The maximum atomic E-state index is 5.96. The van der Waals surface area contributed by atoms with E-state index in [9.17, 15) is 0 Å². The second-order valence-electron chi connectivity index (χ2n) is 5.50. The lowest BCUT2D eigenvalue weighted by molar-refractivity contribution is 0.299. The number of unbranched alkanes of at least 4 members (excludes halogenated alkanes) is 2. The molecule has 3 heteroatoms. The second kappa shape index (κ2) is 8.28. The van der Waals surface area contributed by atoms with E-state index >= 15 is 0 Å². The molecule has 2 aromatic rings. The molecule has 0 bridgehead atoms. The van der Waals surface area contributed by atoms with E-state index in [0.29, 0.717) is 0 Å². The van der Waals surface area contributed by atoms with Gasteiger partial charge in [-0.3, -0.25) is 0 Å². The van der Waals surface area contributed by atoms with Crippen LogP contribution in [0, 0.1) is 0 Å². The number of rotatable bonds is 8. The highest BCUT2D eigenvalue weighted by Gasteiger charge is 2.10. The smallest absolute Gasteiger partial charge is 0.169 e. The van der Waals surface area contributed by atoms with E-state index in [2.05, 4.69) is 32.0 Å². The van der Waals surface area contributed by atoms with Gasteiger partial charge in [0.05, 0.1) is 6.61 Å². The minimum absolute atomic E-state index is 0.330. The zero-order valence-electron chi connectivity index (χ0n) is 13.7. The van der Waals surface area contributed by atoms with Gasteiger partial charge in [0.15, 0.2) is 5.56 Å². The second-order valence-corrected chi connectivity index (χ2v) is 6.11. The Hall–Kier alpha value is -1.41. The van der Waals surface area contributed by atoms with Crippen molar-refractivity contribution in [3.05, 3.63) is 35.9 Å². The van der Waals surface area contributed by atoms with Gasteiger partial charge in [0.1, 0.15) is 11.5 Å². The van der Waals surface area contributed by atoms with Crippen LogP contribution in [0.2, 0.25) is 0 Å². The molecule has 0 aliphatic heterocycles. The first-order valence-electron chi connectivity index (χ1n) is 8.14. The number of hydrogen-bond acceptors (Lipinski definition) is 2. The van der Waals surface area contributed by atoms with Gasteiger partial charge in [0.2, 0.25) is 0 Å². The van der Waals surface area contributed by atoms with Crippen molar-refractivity contribution < 1.29 is 9.47 Å². The van der Waals surface area contributed by atoms with Gasteiger partial charge in [0.25, 0.3) is 0 Å². The third-order valence-corrected chi connectivity index (χ3v) is 3.81. The van der Waals surface area contributed by atoms with E-state index in [0.717, 1.165) is 30.9 Å². The zero-order valence-corrected chi connectivity index (χ0v) is 14.5. The number of fused-ring (bicyclic) bond motifs is 1. The molecule has 0 aliphatic carbocycles. The van der Waals surface area contributed by atoms with Crippen LogP contribution in [0.3, 0.4) is 0 Å². The summed E-state index contributed by atoms with van der Waals surface area (Å²) in [6, 6.07) is 10.3. The van der Waals surface area contributed by atoms with Crippen LogP contribution in [0.1, 0.15) is 45.6 Å². The summed E-state index contributed by atoms with van der Waals surface area (Å²) in [6.45, 7) is 6.95. The molecule has 0 aliphatic rings. The first kappa shape index (κ1) is 17.0. The molecule has 0 amide bonds. The van der Waals surface area contributed by atoms with Crippen LogP contribution in [0.25, 0.3) is 10.8 Å². The van der Waals surface area contributed by atoms with E-state index in [4.69, 9.17) is 21.1 Å². The van der Waals surface area contributed by atoms with E-state index < -0.39 is 0 Å². The minimum atomic E-state index is -0.330. The van der Waals surface area contributed by atoms with E-state index in [1.165, 1.54) is 29.2 Å². The molecule has 0 saturated carbocycles. The predicted molar refractivity (Wildman–Crippen MR) is 94.3 cm³/mol. The summed E-state index contributed by atoms with van der Waals surface area (Å²) in [4.78, 5) is 0. The van der Waals surface area contributed by atoms with Crippen molar-refractivity contribution in [2.45, 2.75) is 52.0 Å². The fourth-order valence-corrected chi connectivity index (χ4v) is 2.73. The van der Waals surface area contributed by atoms with Gasteiger partial charge in [-0.1, -0.05) is 50.4 Å². The van der Waals surface area contributed by atoms with Gasteiger partial charge in [-0.15, -0.1) is 0 Å². The van der Waals surface area contributed by atoms with Crippen LogP contribution in [-0.2, 0) is 6.42 Å². The van der Waals surface area contributed by atoms with Crippen LogP contribution in [0.4, 0.5) is 0 Å². The molecular formula is C19H25ClO2. The zero-order chi connectivity index (χ0) is 15.9. The van der Waals surface area contributed by atoms with Crippen LogP contribution < -0.4 is 9.47 Å². The lowest BCUT2D eigenvalue weighted by Crippen LogP contribution is -2.05. The fourth-order valence-electron chi connectivity index (χ4n) is 2.63. The lowest BCUT2D eigenvalue weighted by Gasteiger charge is -2.15. The predicted octanol–water partition coefficient (Wildman–Crippen LogP) is 5.93. The molecule has 1 unspecified atom stereocenters. The maximum absolute atomic E-state index is 5.96. The Balaban J connectivity index is 2.23. The quantitative estimate of drug-likeness (QED) is 0.443. The molecule has 0 radical (unpaired) electrons. The maximum Gasteiger partial charge on any atom is 0.169 e. The van der Waals surface area contributed by atoms with Crippen molar-refractivity contribution in [2.24, 2.45) is 0 Å². The van der Waals surface area contributed by atoms with Gasteiger partial charge in [-0.25, -0.2) is 0 Å². The molecule has 22 heavy (non-hydrogen) atoms. The summed E-state index contributed by atoms with van der Waals surface area (Å²) >= 11 is 5.96. The van der Waals surface area contributed by atoms with Crippen molar-refractivity contribution in [1.82, 2.24) is 0 Å². The van der Waals surface area contributed by atoms with Crippen molar-refractivity contribution in [1.29, 1.82) is 0 Å². The van der Waals surface area contributed by atoms with Gasteiger partial charge in [-0.05, 0) is 48.7 Å². The molecule has 0 heterocycles. The standard InChI is InChI=1S/C19H25ClO2/c1-4-6-7-12-21-16-9-10-18-15(13-16)8-11-19(17(18)5-2)22-14(3)20/h8-11,13-14H,4-7,12H2,1-3H3. The number of ether oxygens (including phenoxy) is 2. The Labute approximate surface area is 138 Å². The number of halogens is 1. The molecule has 0 saturated heterocycles. The topological polar surface area (TPSA) is 18.5 Å². The Morgan fingerprint density at radius 2 is 1.91 bits per heavy atom. The summed E-state index contributed by atoms with van der Waals surface area (Å²) < 4.78 is 11.5. The van der Waals surface area contributed by atoms with Crippen LogP contribution in [-0.4, -0.2) is 12.2 Å². The molecule has 0 fully saturated rings. The average Bonchev–Trinajstić information content (AvgIpc) is 2.51. The molecule has 0 N–H and O–H groups in total. The molecule has 2 aromatic carbocycles. The first-order chi connectivity index (χ1) is 10.7. The normalized spacial score (nSPS) is 12.4. The number of alkyl halides is 1. The summed E-state index contributed by atoms with van der Waals surface area (Å²) in [5.41, 5.74) is 0.867. The first-order valence-corrected chi connectivity index (χ1v) is 8.58. The molecule has 1 atom stereocenters. The SMILES string of the molecule is CCCCCOc1ccc2c(CC)c(OC(C)Cl)ccc2c1. The summed E-state index contributed by atoms with van der Waals surface area (Å²) in [6.07, 6.45) is 4.44. The number of hydrogen-bond donors (Lipinski definition) is 0. The van der Waals surface area contributed by atoms with Gasteiger partial charge in [0, 0.05) is 5.56 Å². The third kappa shape index (κ3) is 4.30. The van der Waals surface area contributed by atoms with Crippen molar-refractivity contribution >= 4 is 22.4 Å². The fraction of sp³-hybridized carbons (Fsp3) is 0.474. The number of aryl methyl sites for hydroxylation is 1. The largest absolute Gasteiger partial charge is 0.494 e. The van der Waals surface area contributed by atoms with Crippen molar-refractivity contribution in [3.8, 4) is 11.5 Å². The average molecular weight is 321 g/mol. The summed E-state index contributed by atoms with van der Waals surface area (Å²) in [5.74, 6) is 1.80. The Kier molecular flexibility index (Phi) is 6.38. The highest BCUT2D eigenvalue weighted by Crippen LogP contribution is 2.32. The molecular weight excluding hydrogens is 296 g/mol. The van der Waals surface area contributed by atoms with Gasteiger partial charge < -0.3 is 9.47 Å². The van der Waals surface area contributed by atoms with Crippen LogP contribution >= 0.6 is 11.6 Å². The minimum Gasteiger partial charge on any atom is -0.494 e. The molecule has 120 valence electrons. The van der Waals surface area contributed by atoms with Crippen molar-refractivity contribution in [3.63, 3.8) is 0 Å². The van der Waals surface area contributed by atoms with Gasteiger partial charge >= 0.3 is 0 Å².